The van der Waals surface area contributed by atoms with E-state index in [4.69, 9.17) is 14.5 Å². The monoisotopic (exact) mass is 352 g/mol. The van der Waals surface area contributed by atoms with Crippen LogP contribution in [-0.4, -0.2) is 22.6 Å². The summed E-state index contributed by atoms with van der Waals surface area (Å²) in [5.41, 5.74) is 4.45. The summed E-state index contributed by atoms with van der Waals surface area (Å²) in [6, 6.07) is 14.4. The van der Waals surface area contributed by atoms with Crippen molar-refractivity contribution >= 4 is 26.5 Å². The molecule has 0 aliphatic heterocycles. The molecule has 2 heterocycles. The summed E-state index contributed by atoms with van der Waals surface area (Å²) < 4.78 is 14.5. The van der Waals surface area contributed by atoms with E-state index >= 15 is 0 Å². The number of hydrogen-bond acceptors (Lipinski definition) is 4. The lowest BCUT2D eigenvalue weighted by molar-refractivity contribution is 0.340. The number of benzene rings is 2. The van der Waals surface area contributed by atoms with Crippen molar-refractivity contribution in [2.24, 2.45) is 0 Å². The Labute approximate surface area is 150 Å². The van der Waals surface area contributed by atoms with Gasteiger partial charge in [-0.05, 0) is 63.2 Å². The molecule has 4 rings (SSSR count). The topological polar surface area (TPSA) is 35.8 Å². The predicted octanol–water partition coefficient (Wildman–Crippen LogP) is 5.32. The molecular formula is C20H20N2O2S. The Hall–Kier alpha value is -2.53. The van der Waals surface area contributed by atoms with Crippen LogP contribution in [-0.2, 0) is 0 Å². The van der Waals surface area contributed by atoms with Gasteiger partial charge < -0.3 is 9.47 Å². The highest BCUT2D eigenvalue weighted by molar-refractivity contribution is 7.23. The maximum absolute atomic E-state index is 5.61. The third-order valence-corrected chi connectivity index (χ3v) is 5.20. The van der Waals surface area contributed by atoms with Crippen molar-refractivity contribution in [1.29, 1.82) is 0 Å². The molecule has 0 aliphatic carbocycles. The zero-order valence-corrected chi connectivity index (χ0v) is 15.4. The van der Waals surface area contributed by atoms with E-state index in [2.05, 4.69) is 35.6 Å². The predicted molar refractivity (Wildman–Crippen MR) is 103 cm³/mol. The van der Waals surface area contributed by atoms with Gasteiger partial charge in [-0.3, -0.25) is 4.40 Å². The van der Waals surface area contributed by atoms with Gasteiger partial charge in [0, 0.05) is 11.3 Å². The van der Waals surface area contributed by atoms with Crippen molar-refractivity contribution in [2.75, 3.05) is 13.2 Å². The fourth-order valence-electron chi connectivity index (χ4n) is 3.09. The van der Waals surface area contributed by atoms with Crippen molar-refractivity contribution in [2.45, 2.75) is 20.8 Å². The largest absolute Gasteiger partial charge is 0.494 e. The molecule has 2 aromatic heterocycles. The van der Waals surface area contributed by atoms with Gasteiger partial charge in [-0.15, -0.1) is 0 Å². The summed E-state index contributed by atoms with van der Waals surface area (Å²) in [6.07, 6.45) is 0. The van der Waals surface area contributed by atoms with Crippen molar-refractivity contribution in [3.8, 4) is 22.8 Å². The highest BCUT2D eigenvalue weighted by atomic mass is 32.1. The fraction of sp³-hybridized carbons (Fsp3) is 0.250. The molecule has 0 unspecified atom stereocenters. The molecule has 25 heavy (non-hydrogen) atoms. The molecule has 0 N–H and O–H groups in total. The number of ether oxygens (including phenoxy) is 2. The average molecular weight is 352 g/mol. The second-order valence-electron chi connectivity index (χ2n) is 5.79. The van der Waals surface area contributed by atoms with Crippen LogP contribution in [0.1, 0.15) is 19.5 Å². The maximum Gasteiger partial charge on any atom is 0.195 e. The zero-order chi connectivity index (χ0) is 17.4. The Bertz CT molecular complexity index is 1030. The lowest BCUT2D eigenvalue weighted by Gasteiger charge is -2.05. The number of aromatic nitrogens is 2. The van der Waals surface area contributed by atoms with Crippen LogP contribution in [0.25, 0.3) is 26.4 Å². The van der Waals surface area contributed by atoms with Crippen LogP contribution in [0.3, 0.4) is 0 Å². The van der Waals surface area contributed by atoms with E-state index < -0.39 is 0 Å². The van der Waals surface area contributed by atoms with Gasteiger partial charge in [0.2, 0.25) is 0 Å². The van der Waals surface area contributed by atoms with Crippen molar-refractivity contribution in [3.63, 3.8) is 0 Å². The number of fused-ring (bicyclic) bond motifs is 3. The van der Waals surface area contributed by atoms with E-state index in [0.29, 0.717) is 13.2 Å². The van der Waals surface area contributed by atoms with Gasteiger partial charge >= 0.3 is 0 Å². The Morgan fingerprint density at radius 3 is 2.36 bits per heavy atom. The normalized spacial score (nSPS) is 11.3. The smallest absolute Gasteiger partial charge is 0.195 e. The third kappa shape index (κ3) is 2.74. The molecule has 0 aliphatic rings. The Morgan fingerprint density at radius 2 is 1.64 bits per heavy atom. The van der Waals surface area contributed by atoms with Crippen LogP contribution in [0.5, 0.6) is 11.5 Å². The quantitative estimate of drug-likeness (QED) is 0.487. The van der Waals surface area contributed by atoms with Gasteiger partial charge in [0.15, 0.2) is 4.96 Å². The third-order valence-electron chi connectivity index (χ3n) is 4.20. The molecule has 128 valence electrons. The Balaban J connectivity index is 1.79. The van der Waals surface area contributed by atoms with Gasteiger partial charge in [-0.2, -0.15) is 0 Å². The average Bonchev–Trinajstić information content (AvgIpc) is 3.12. The maximum atomic E-state index is 5.61. The Morgan fingerprint density at radius 1 is 0.960 bits per heavy atom. The summed E-state index contributed by atoms with van der Waals surface area (Å²) in [6.45, 7) is 7.46. The first-order chi connectivity index (χ1) is 12.2. The first-order valence-electron chi connectivity index (χ1n) is 8.49. The minimum absolute atomic E-state index is 0.675. The number of nitrogens with zero attached hydrogens (tertiary/aromatic N) is 2. The fourth-order valence-corrected chi connectivity index (χ4v) is 4.19. The van der Waals surface area contributed by atoms with Gasteiger partial charge in [-0.25, -0.2) is 4.98 Å². The molecule has 0 saturated heterocycles. The molecule has 0 atom stereocenters. The highest BCUT2D eigenvalue weighted by Gasteiger charge is 2.15. The van der Waals surface area contributed by atoms with Crippen molar-refractivity contribution < 1.29 is 9.47 Å². The van der Waals surface area contributed by atoms with Gasteiger partial charge in [0.25, 0.3) is 0 Å². The van der Waals surface area contributed by atoms with Crippen LogP contribution in [0.4, 0.5) is 0 Å². The van der Waals surface area contributed by atoms with Gasteiger partial charge in [0.05, 0.1) is 29.1 Å². The summed E-state index contributed by atoms with van der Waals surface area (Å²) in [5.74, 6) is 1.79. The SMILES string of the molecule is CCOc1ccc(-c2nc3sc4cc(OCC)ccc4n3c2C)cc1. The van der Waals surface area contributed by atoms with E-state index in [1.807, 2.05) is 32.0 Å². The number of imidazole rings is 1. The number of thiazole rings is 1. The minimum Gasteiger partial charge on any atom is -0.494 e. The molecule has 0 fully saturated rings. The standard InChI is InChI=1S/C20H20N2O2S/c1-4-23-15-8-6-14(7-9-15)19-13(3)22-17-11-10-16(24-5-2)12-18(17)25-20(22)21-19/h6-12H,4-5H2,1-3H3. The molecule has 0 spiro atoms. The summed E-state index contributed by atoms with van der Waals surface area (Å²) >= 11 is 1.69. The molecule has 4 aromatic rings. The van der Waals surface area contributed by atoms with Crippen LogP contribution in [0, 0.1) is 6.92 Å². The van der Waals surface area contributed by atoms with E-state index in [9.17, 15) is 0 Å². The zero-order valence-electron chi connectivity index (χ0n) is 14.6. The van der Waals surface area contributed by atoms with Crippen molar-refractivity contribution in [1.82, 2.24) is 9.38 Å². The minimum atomic E-state index is 0.675. The highest BCUT2D eigenvalue weighted by Crippen LogP contribution is 2.34. The van der Waals surface area contributed by atoms with E-state index in [1.165, 1.54) is 10.2 Å². The lowest BCUT2D eigenvalue weighted by Crippen LogP contribution is -1.92. The van der Waals surface area contributed by atoms with E-state index in [0.717, 1.165) is 33.4 Å². The molecule has 0 amide bonds. The number of hydrogen-bond donors (Lipinski definition) is 0. The molecular weight excluding hydrogens is 332 g/mol. The molecule has 5 heteroatoms. The first kappa shape index (κ1) is 16.0. The van der Waals surface area contributed by atoms with Crippen molar-refractivity contribution in [3.05, 3.63) is 48.2 Å². The summed E-state index contributed by atoms with van der Waals surface area (Å²) in [7, 11) is 0. The second-order valence-corrected chi connectivity index (χ2v) is 6.79. The van der Waals surface area contributed by atoms with E-state index in [-0.39, 0.29) is 0 Å². The second kappa shape index (κ2) is 6.41. The molecule has 4 nitrogen and oxygen atoms in total. The van der Waals surface area contributed by atoms with Crippen LogP contribution in [0.15, 0.2) is 42.5 Å². The number of rotatable bonds is 5. The van der Waals surface area contributed by atoms with Gasteiger partial charge in [0.1, 0.15) is 11.5 Å². The number of aryl methyl sites for hydroxylation is 1. The molecule has 0 bridgehead atoms. The molecule has 0 radical (unpaired) electrons. The van der Waals surface area contributed by atoms with Crippen LogP contribution < -0.4 is 9.47 Å². The summed E-state index contributed by atoms with van der Waals surface area (Å²) in [5, 5.41) is 0. The summed E-state index contributed by atoms with van der Waals surface area (Å²) in [4.78, 5) is 5.88. The van der Waals surface area contributed by atoms with Crippen LogP contribution in [0.2, 0.25) is 0 Å². The molecule has 2 aromatic carbocycles. The first-order valence-corrected chi connectivity index (χ1v) is 9.30. The van der Waals surface area contributed by atoms with Crippen LogP contribution >= 0.6 is 11.3 Å². The Kier molecular flexibility index (Phi) is 4.09. The van der Waals surface area contributed by atoms with E-state index in [1.54, 1.807) is 11.3 Å². The lowest BCUT2D eigenvalue weighted by atomic mass is 10.1. The van der Waals surface area contributed by atoms with Gasteiger partial charge in [-0.1, -0.05) is 11.3 Å². The molecule has 0 saturated carbocycles.